The Hall–Kier alpha value is -2.86. The molecule has 0 aliphatic heterocycles. The summed E-state index contributed by atoms with van der Waals surface area (Å²) < 4.78 is 11.2. The molecule has 3 aromatic rings. The van der Waals surface area contributed by atoms with Crippen LogP contribution in [-0.4, -0.2) is 18.3 Å². The first kappa shape index (κ1) is 17.0. The first-order valence-corrected chi connectivity index (χ1v) is 8.68. The molecule has 0 spiro atoms. The van der Waals surface area contributed by atoms with Gasteiger partial charge in [0.2, 0.25) is 5.13 Å². The van der Waals surface area contributed by atoms with Crippen molar-refractivity contribution in [1.29, 1.82) is 0 Å². The van der Waals surface area contributed by atoms with E-state index in [1.807, 2.05) is 60.8 Å². The highest BCUT2D eigenvalue weighted by molar-refractivity contribution is 7.13. The molecule has 0 amide bonds. The maximum atomic E-state index is 5.82. The van der Waals surface area contributed by atoms with Crippen molar-refractivity contribution in [3.63, 3.8) is 0 Å². The number of anilines is 1. The fourth-order valence-electron chi connectivity index (χ4n) is 2.24. The third kappa shape index (κ3) is 4.81. The average molecular weight is 353 g/mol. The number of hydrazone groups is 1. The molecule has 0 saturated heterocycles. The topological polar surface area (TPSA) is 55.7 Å². The fourth-order valence-corrected chi connectivity index (χ4v) is 2.87. The van der Waals surface area contributed by atoms with Gasteiger partial charge in [-0.1, -0.05) is 18.2 Å². The monoisotopic (exact) mass is 353 g/mol. The Morgan fingerprint density at radius 3 is 2.76 bits per heavy atom. The van der Waals surface area contributed by atoms with Crippen molar-refractivity contribution in [2.75, 3.05) is 12.5 Å². The van der Waals surface area contributed by atoms with Gasteiger partial charge in [0.15, 0.2) is 0 Å². The zero-order chi connectivity index (χ0) is 17.5. The lowest BCUT2D eigenvalue weighted by Gasteiger charge is -2.11. The molecule has 3 rings (SSSR count). The minimum atomic E-state index is 0.425. The van der Waals surface area contributed by atoms with E-state index < -0.39 is 0 Å². The zero-order valence-corrected chi connectivity index (χ0v) is 14.9. The number of nitrogens with one attached hydrogen (secondary N) is 1. The number of rotatable bonds is 7. The van der Waals surface area contributed by atoms with Crippen LogP contribution in [0.4, 0.5) is 5.13 Å². The first-order chi connectivity index (χ1) is 12.2. The highest BCUT2D eigenvalue weighted by Crippen LogP contribution is 2.22. The number of nitrogens with zero attached hydrogens (tertiary/aromatic N) is 2. The van der Waals surface area contributed by atoms with Gasteiger partial charge >= 0.3 is 0 Å². The third-order valence-electron chi connectivity index (χ3n) is 3.43. The van der Waals surface area contributed by atoms with Gasteiger partial charge in [-0.15, -0.1) is 11.3 Å². The summed E-state index contributed by atoms with van der Waals surface area (Å²) in [6.07, 6.45) is 1.75. The minimum absolute atomic E-state index is 0.425. The Kier molecular flexibility index (Phi) is 5.64. The van der Waals surface area contributed by atoms with Crippen LogP contribution in [0.3, 0.4) is 0 Å². The summed E-state index contributed by atoms with van der Waals surface area (Å²) in [6, 6.07) is 15.6. The van der Waals surface area contributed by atoms with E-state index in [0.29, 0.717) is 6.61 Å². The van der Waals surface area contributed by atoms with Gasteiger partial charge in [-0.25, -0.2) is 4.98 Å². The van der Waals surface area contributed by atoms with E-state index in [2.05, 4.69) is 15.5 Å². The summed E-state index contributed by atoms with van der Waals surface area (Å²) in [5.74, 6) is 1.61. The molecule has 0 unspecified atom stereocenters. The molecular formula is C19H19N3O2S. The summed E-state index contributed by atoms with van der Waals surface area (Å²) in [4.78, 5) is 4.30. The summed E-state index contributed by atoms with van der Waals surface area (Å²) in [5, 5.41) is 6.98. The molecule has 1 N–H and O–H groups in total. The van der Waals surface area contributed by atoms with Crippen molar-refractivity contribution in [1.82, 2.24) is 4.98 Å². The quantitative estimate of drug-likeness (QED) is 0.502. The molecule has 6 heteroatoms. The Labute approximate surface area is 151 Å². The van der Waals surface area contributed by atoms with Gasteiger partial charge in [0, 0.05) is 10.9 Å². The van der Waals surface area contributed by atoms with Crippen LogP contribution in [-0.2, 0) is 6.61 Å². The van der Waals surface area contributed by atoms with Gasteiger partial charge in [-0.3, -0.25) is 5.43 Å². The normalized spacial score (nSPS) is 10.8. The summed E-state index contributed by atoms with van der Waals surface area (Å²) in [7, 11) is 1.65. The first-order valence-electron chi connectivity index (χ1n) is 7.80. The van der Waals surface area contributed by atoms with Crippen LogP contribution in [0.1, 0.15) is 16.8 Å². The number of benzene rings is 2. The van der Waals surface area contributed by atoms with Crippen molar-refractivity contribution in [2.45, 2.75) is 13.5 Å². The minimum Gasteiger partial charge on any atom is -0.496 e. The van der Waals surface area contributed by atoms with Gasteiger partial charge < -0.3 is 9.47 Å². The molecule has 0 atom stereocenters. The second kappa shape index (κ2) is 8.30. The predicted molar refractivity (Wildman–Crippen MR) is 102 cm³/mol. The maximum absolute atomic E-state index is 5.82. The molecule has 0 bridgehead atoms. The van der Waals surface area contributed by atoms with Crippen molar-refractivity contribution in [3.8, 4) is 11.5 Å². The third-order valence-corrected chi connectivity index (χ3v) is 4.30. The van der Waals surface area contributed by atoms with Crippen LogP contribution in [0.5, 0.6) is 11.5 Å². The number of aryl methyl sites for hydroxylation is 1. The van der Waals surface area contributed by atoms with E-state index >= 15 is 0 Å². The van der Waals surface area contributed by atoms with Gasteiger partial charge in [-0.05, 0) is 42.8 Å². The Morgan fingerprint density at radius 1 is 1.20 bits per heavy atom. The van der Waals surface area contributed by atoms with Crippen LogP contribution in [0.25, 0.3) is 0 Å². The van der Waals surface area contributed by atoms with Crippen molar-refractivity contribution < 1.29 is 9.47 Å². The summed E-state index contributed by atoms with van der Waals surface area (Å²) in [6.45, 7) is 2.38. The van der Waals surface area contributed by atoms with E-state index in [0.717, 1.165) is 33.5 Å². The lowest BCUT2D eigenvalue weighted by atomic mass is 10.1. The molecule has 128 valence electrons. The number of hydrogen-bond acceptors (Lipinski definition) is 6. The van der Waals surface area contributed by atoms with Crippen LogP contribution in [0.2, 0.25) is 0 Å². The molecule has 0 aliphatic carbocycles. The highest BCUT2D eigenvalue weighted by Gasteiger charge is 2.05. The molecule has 5 nitrogen and oxygen atoms in total. The fraction of sp³-hybridized carbons (Fsp3) is 0.158. The largest absolute Gasteiger partial charge is 0.496 e. The van der Waals surface area contributed by atoms with Crippen LogP contribution >= 0.6 is 11.3 Å². The Morgan fingerprint density at radius 2 is 2.04 bits per heavy atom. The van der Waals surface area contributed by atoms with E-state index in [-0.39, 0.29) is 0 Å². The van der Waals surface area contributed by atoms with E-state index in [9.17, 15) is 0 Å². The lowest BCUT2D eigenvalue weighted by Crippen LogP contribution is -2.00. The van der Waals surface area contributed by atoms with Crippen molar-refractivity contribution in [3.05, 3.63) is 70.7 Å². The van der Waals surface area contributed by atoms with Gasteiger partial charge in [-0.2, -0.15) is 5.10 Å². The molecule has 1 heterocycles. The molecular weight excluding hydrogens is 334 g/mol. The van der Waals surface area contributed by atoms with E-state index in [1.165, 1.54) is 11.3 Å². The smallest absolute Gasteiger partial charge is 0.203 e. The average Bonchev–Trinajstić information content (AvgIpc) is 3.06. The number of hydrogen-bond donors (Lipinski definition) is 1. The summed E-state index contributed by atoms with van der Waals surface area (Å²) in [5.41, 5.74) is 5.82. The number of aromatic nitrogens is 1. The molecule has 0 saturated carbocycles. The molecule has 1 aromatic heterocycles. The van der Waals surface area contributed by atoms with Crippen LogP contribution < -0.4 is 14.9 Å². The van der Waals surface area contributed by atoms with Crippen LogP contribution in [0, 0.1) is 6.92 Å². The lowest BCUT2D eigenvalue weighted by molar-refractivity contribution is 0.296. The second-order valence-corrected chi connectivity index (χ2v) is 6.20. The Bertz CT molecular complexity index is 847. The van der Waals surface area contributed by atoms with Gasteiger partial charge in [0.1, 0.15) is 18.1 Å². The van der Waals surface area contributed by atoms with Gasteiger partial charge in [0.25, 0.3) is 0 Å². The zero-order valence-electron chi connectivity index (χ0n) is 14.1. The molecule has 0 fully saturated rings. The number of methoxy groups -OCH3 is 1. The molecule has 0 radical (unpaired) electrons. The standard InChI is InChI=1S/C19H19N3O2S/c1-14-13-25-19(21-14)22-20-11-15-8-9-18(23-2)16(10-15)12-24-17-6-4-3-5-7-17/h3-11,13H,12H2,1-2H3,(H,21,22). The number of thiazole rings is 1. The molecule has 2 aromatic carbocycles. The number of ether oxygens (including phenoxy) is 2. The van der Waals surface area contributed by atoms with Crippen molar-refractivity contribution in [2.24, 2.45) is 5.10 Å². The summed E-state index contributed by atoms with van der Waals surface area (Å²) >= 11 is 1.52. The molecule has 0 aliphatic rings. The SMILES string of the molecule is COc1ccc(C=NNc2nc(C)cs2)cc1COc1ccccc1. The molecule has 25 heavy (non-hydrogen) atoms. The maximum Gasteiger partial charge on any atom is 0.203 e. The Balaban J connectivity index is 1.68. The van der Waals surface area contributed by atoms with E-state index in [1.54, 1.807) is 13.3 Å². The van der Waals surface area contributed by atoms with Crippen molar-refractivity contribution >= 4 is 22.7 Å². The van der Waals surface area contributed by atoms with Gasteiger partial charge in [0.05, 0.1) is 19.0 Å². The van der Waals surface area contributed by atoms with Crippen LogP contribution in [0.15, 0.2) is 59.0 Å². The van der Waals surface area contributed by atoms with E-state index in [4.69, 9.17) is 9.47 Å². The predicted octanol–water partition coefficient (Wildman–Crippen LogP) is 4.49. The second-order valence-electron chi connectivity index (χ2n) is 5.34. The number of para-hydroxylation sites is 1. The highest BCUT2D eigenvalue weighted by atomic mass is 32.1.